The third-order valence-electron chi connectivity index (χ3n) is 2.89. The number of nitrogens with zero attached hydrogens (tertiary/aromatic N) is 2. The van der Waals surface area contributed by atoms with Crippen LogP contribution in [0.3, 0.4) is 0 Å². The maximum atomic E-state index is 10.3. The van der Waals surface area contributed by atoms with Crippen molar-refractivity contribution in [3.8, 4) is 0 Å². The van der Waals surface area contributed by atoms with Crippen molar-refractivity contribution in [2.24, 2.45) is 5.41 Å². The first kappa shape index (κ1) is 14.1. The molecule has 0 aliphatic heterocycles. The summed E-state index contributed by atoms with van der Waals surface area (Å²) in [5.41, 5.74) is 2.98. The van der Waals surface area contributed by atoms with E-state index in [1.165, 1.54) is 0 Å². The minimum atomic E-state index is -0.418. The van der Waals surface area contributed by atoms with Crippen molar-refractivity contribution in [1.82, 2.24) is 10.2 Å². The SMILES string of the molecule is CCc1nnc(C)cc1C(O)CCC(C)(C)C. The molecule has 1 rings (SSSR count). The number of aryl methyl sites for hydroxylation is 2. The van der Waals surface area contributed by atoms with Crippen LogP contribution in [0.25, 0.3) is 0 Å². The van der Waals surface area contributed by atoms with Gasteiger partial charge in [-0.25, -0.2) is 0 Å². The summed E-state index contributed by atoms with van der Waals surface area (Å²) in [6.45, 7) is 10.5. The molecule has 0 aliphatic rings. The number of rotatable bonds is 4. The lowest BCUT2D eigenvalue weighted by atomic mass is 9.87. The van der Waals surface area contributed by atoms with E-state index in [1.807, 2.05) is 19.9 Å². The van der Waals surface area contributed by atoms with Gasteiger partial charge in [0.05, 0.1) is 17.5 Å². The number of hydrogen-bond donors (Lipinski definition) is 1. The predicted molar refractivity (Wildman–Crippen MR) is 69.8 cm³/mol. The summed E-state index contributed by atoms with van der Waals surface area (Å²) in [6.07, 6.45) is 2.17. The summed E-state index contributed by atoms with van der Waals surface area (Å²) < 4.78 is 0. The fraction of sp³-hybridized carbons (Fsp3) is 0.714. The summed E-state index contributed by atoms with van der Waals surface area (Å²) in [5, 5.41) is 18.4. The average molecular weight is 236 g/mol. The molecule has 0 aromatic carbocycles. The van der Waals surface area contributed by atoms with Gasteiger partial charge in [0.15, 0.2) is 0 Å². The van der Waals surface area contributed by atoms with Crippen LogP contribution < -0.4 is 0 Å². The van der Waals surface area contributed by atoms with E-state index in [2.05, 4.69) is 31.0 Å². The van der Waals surface area contributed by atoms with Gasteiger partial charge >= 0.3 is 0 Å². The molecule has 17 heavy (non-hydrogen) atoms. The Morgan fingerprint density at radius 1 is 1.29 bits per heavy atom. The molecule has 1 N–H and O–H groups in total. The molecule has 1 atom stereocenters. The molecule has 0 saturated heterocycles. The molecule has 0 amide bonds. The Labute approximate surface area is 104 Å². The summed E-state index contributed by atoms with van der Waals surface area (Å²) in [7, 11) is 0. The number of aliphatic hydroxyl groups is 1. The molecule has 0 radical (unpaired) electrons. The Hall–Kier alpha value is -0.960. The van der Waals surface area contributed by atoms with Gasteiger partial charge in [-0.1, -0.05) is 27.7 Å². The Kier molecular flexibility index (Phi) is 4.63. The number of aromatic nitrogens is 2. The van der Waals surface area contributed by atoms with Crippen LogP contribution in [0.4, 0.5) is 0 Å². The molecule has 0 spiro atoms. The quantitative estimate of drug-likeness (QED) is 0.873. The normalized spacial score (nSPS) is 13.8. The fourth-order valence-electron chi connectivity index (χ4n) is 1.82. The van der Waals surface area contributed by atoms with Crippen LogP contribution in [0.1, 0.15) is 63.6 Å². The first-order valence-electron chi connectivity index (χ1n) is 6.34. The Morgan fingerprint density at radius 3 is 2.47 bits per heavy atom. The molecule has 0 bridgehead atoms. The first-order valence-corrected chi connectivity index (χ1v) is 6.34. The zero-order chi connectivity index (χ0) is 13.1. The van der Waals surface area contributed by atoms with Crippen molar-refractivity contribution in [3.63, 3.8) is 0 Å². The van der Waals surface area contributed by atoms with E-state index in [4.69, 9.17) is 0 Å². The summed E-state index contributed by atoms with van der Waals surface area (Å²) in [4.78, 5) is 0. The van der Waals surface area contributed by atoms with Crippen molar-refractivity contribution in [2.75, 3.05) is 0 Å². The van der Waals surface area contributed by atoms with Crippen LogP contribution in [-0.4, -0.2) is 15.3 Å². The van der Waals surface area contributed by atoms with Crippen molar-refractivity contribution in [1.29, 1.82) is 0 Å². The van der Waals surface area contributed by atoms with Gasteiger partial charge in [0.2, 0.25) is 0 Å². The Bertz CT molecular complexity index is 369. The van der Waals surface area contributed by atoms with E-state index in [1.54, 1.807) is 0 Å². The smallest absolute Gasteiger partial charge is 0.0809 e. The summed E-state index contributed by atoms with van der Waals surface area (Å²) in [5.74, 6) is 0. The van der Waals surface area contributed by atoms with Crippen LogP contribution in [-0.2, 0) is 6.42 Å². The Morgan fingerprint density at radius 2 is 1.94 bits per heavy atom. The highest BCUT2D eigenvalue weighted by Gasteiger charge is 2.17. The van der Waals surface area contributed by atoms with Gasteiger partial charge < -0.3 is 5.11 Å². The second kappa shape index (κ2) is 5.58. The molecule has 96 valence electrons. The van der Waals surface area contributed by atoms with Gasteiger partial charge in [-0.3, -0.25) is 0 Å². The van der Waals surface area contributed by atoms with Gasteiger partial charge in [0.25, 0.3) is 0 Å². The third-order valence-corrected chi connectivity index (χ3v) is 2.89. The van der Waals surface area contributed by atoms with Crippen molar-refractivity contribution >= 4 is 0 Å². The van der Waals surface area contributed by atoms with Crippen molar-refractivity contribution < 1.29 is 5.11 Å². The van der Waals surface area contributed by atoms with Gasteiger partial charge in [-0.05, 0) is 37.7 Å². The molecular formula is C14H24N2O. The first-order chi connectivity index (χ1) is 7.83. The predicted octanol–water partition coefficient (Wildman–Crippen LogP) is 3.21. The van der Waals surface area contributed by atoms with E-state index in [0.717, 1.165) is 36.2 Å². The van der Waals surface area contributed by atoms with E-state index in [-0.39, 0.29) is 5.41 Å². The van der Waals surface area contributed by atoms with E-state index >= 15 is 0 Å². The Balaban J connectivity index is 2.80. The second-order valence-corrected chi connectivity index (χ2v) is 5.86. The minimum Gasteiger partial charge on any atom is -0.388 e. The molecule has 0 saturated carbocycles. The number of aliphatic hydroxyl groups excluding tert-OH is 1. The summed E-state index contributed by atoms with van der Waals surface area (Å²) >= 11 is 0. The molecule has 3 nitrogen and oxygen atoms in total. The largest absolute Gasteiger partial charge is 0.388 e. The molecule has 1 unspecified atom stereocenters. The molecule has 0 fully saturated rings. The minimum absolute atomic E-state index is 0.253. The van der Waals surface area contributed by atoms with Gasteiger partial charge in [-0.15, -0.1) is 0 Å². The van der Waals surface area contributed by atoms with Gasteiger partial charge in [0, 0.05) is 5.56 Å². The third kappa shape index (κ3) is 4.43. The average Bonchev–Trinajstić information content (AvgIpc) is 2.25. The summed E-state index contributed by atoms with van der Waals surface area (Å²) in [6, 6.07) is 1.96. The lowest BCUT2D eigenvalue weighted by molar-refractivity contribution is 0.146. The van der Waals surface area contributed by atoms with Crippen LogP contribution >= 0.6 is 0 Å². The highest BCUT2D eigenvalue weighted by molar-refractivity contribution is 5.23. The molecule has 1 heterocycles. The highest BCUT2D eigenvalue weighted by Crippen LogP contribution is 2.28. The zero-order valence-corrected chi connectivity index (χ0v) is 11.6. The van der Waals surface area contributed by atoms with Crippen LogP contribution in [0.15, 0.2) is 6.07 Å². The van der Waals surface area contributed by atoms with Gasteiger partial charge in [0.1, 0.15) is 0 Å². The molecular weight excluding hydrogens is 212 g/mol. The number of hydrogen-bond acceptors (Lipinski definition) is 3. The fourth-order valence-corrected chi connectivity index (χ4v) is 1.82. The molecule has 1 aromatic heterocycles. The maximum Gasteiger partial charge on any atom is 0.0809 e. The standard InChI is InChI=1S/C14H24N2O/c1-6-12-11(9-10(2)15-16-12)13(17)7-8-14(3,4)5/h9,13,17H,6-8H2,1-5H3. The second-order valence-electron chi connectivity index (χ2n) is 5.86. The zero-order valence-electron chi connectivity index (χ0n) is 11.6. The molecule has 0 aliphatic carbocycles. The van der Waals surface area contributed by atoms with Crippen LogP contribution in [0.2, 0.25) is 0 Å². The molecule has 1 aromatic rings. The van der Waals surface area contributed by atoms with Crippen molar-refractivity contribution in [3.05, 3.63) is 23.0 Å². The molecule has 3 heteroatoms. The topological polar surface area (TPSA) is 46.0 Å². The highest BCUT2D eigenvalue weighted by atomic mass is 16.3. The van der Waals surface area contributed by atoms with E-state index < -0.39 is 6.10 Å². The van der Waals surface area contributed by atoms with E-state index in [9.17, 15) is 5.11 Å². The van der Waals surface area contributed by atoms with Crippen molar-refractivity contribution in [2.45, 2.75) is 60.0 Å². The van der Waals surface area contributed by atoms with E-state index in [0.29, 0.717) is 0 Å². The monoisotopic (exact) mass is 236 g/mol. The van der Waals surface area contributed by atoms with Gasteiger partial charge in [-0.2, -0.15) is 10.2 Å². The van der Waals surface area contributed by atoms with Crippen LogP contribution in [0, 0.1) is 12.3 Å². The maximum absolute atomic E-state index is 10.3. The lowest BCUT2D eigenvalue weighted by Crippen LogP contribution is -2.11. The van der Waals surface area contributed by atoms with Crippen LogP contribution in [0.5, 0.6) is 0 Å². The lowest BCUT2D eigenvalue weighted by Gasteiger charge is -2.21.